The Bertz CT molecular complexity index is 641. The molecule has 4 rings (SSSR count). The number of ether oxygens (including phenoxy) is 2. The molecule has 0 aromatic carbocycles. The molecule has 2 aliphatic rings. The SMILES string of the molecule is O=c1nc(-n2cncn2)ccn1[C@@H]1C[C@@H]2OC[C@@H]2O1. The summed E-state index contributed by atoms with van der Waals surface area (Å²) in [7, 11) is 0. The van der Waals surface area contributed by atoms with Gasteiger partial charge in [0.2, 0.25) is 0 Å². The summed E-state index contributed by atoms with van der Waals surface area (Å²) in [5.74, 6) is 0.441. The molecule has 0 saturated carbocycles. The molecule has 2 aromatic heterocycles. The highest BCUT2D eigenvalue weighted by Crippen LogP contribution is 2.35. The highest BCUT2D eigenvalue weighted by atomic mass is 16.6. The number of hydrogen-bond donors (Lipinski definition) is 0. The molecule has 4 heterocycles. The van der Waals surface area contributed by atoms with Gasteiger partial charge in [0.1, 0.15) is 25.0 Å². The van der Waals surface area contributed by atoms with Gasteiger partial charge >= 0.3 is 5.69 Å². The van der Waals surface area contributed by atoms with E-state index in [1.165, 1.54) is 21.9 Å². The Labute approximate surface area is 107 Å². The Kier molecular flexibility index (Phi) is 2.26. The van der Waals surface area contributed by atoms with Gasteiger partial charge in [0.05, 0.1) is 12.7 Å². The summed E-state index contributed by atoms with van der Waals surface area (Å²) in [5, 5.41) is 3.93. The molecule has 2 aliphatic heterocycles. The maximum absolute atomic E-state index is 12.0. The van der Waals surface area contributed by atoms with Crippen LogP contribution in [-0.2, 0) is 9.47 Å². The van der Waals surface area contributed by atoms with E-state index in [0.29, 0.717) is 18.8 Å². The van der Waals surface area contributed by atoms with Crippen LogP contribution in [0.3, 0.4) is 0 Å². The average molecular weight is 261 g/mol. The molecular formula is C11H11N5O3. The first kappa shape index (κ1) is 10.8. The van der Waals surface area contributed by atoms with Crippen LogP contribution in [0.1, 0.15) is 12.6 Å². The van der Waals surface area contributed by atoms with Crippen molar-refractivity contribution in [3.05, 3.63) is 35.4 Å². The zero-order chi connectivity index (χ0) is 12.8. The molecular weight excluding hydrogens is 250 g/mol. The van der Waals surface area contributed by atoms with Gasteiger partial charge in [-0.25, -0.2) is 14.5 Å². The van der Waals surface area contributed by atoms with E-state index < -0.39 is 0 Å². The highest BCUT2D eigenvalue weighted by molar-refractivity contribution is 5.16. The summed E-state index contributed by atoms with van der Waals surface area (Å²) in [4.78, 5) is 19.8. The van der Waals surface area contributed by atoms with Crippen LogP contribution in [0.25, 0.3) is 5.82 Å². The molecule has 3 atom stereocenters. The van der Waals surface area contributed by atoms with Gasteiger partial charge in [-0.1, -0.05) is 0 Å². The molecule has 2 aromatic rings. The van der Waals surface area contributed by atoms with Crippen molar-refractivity contribution in [3.63, 3.8) is 0 Å². The van der Waals surface area contributed by atoms with E-state index in [9.17, 15) is 4.79 Å². The molecule has 0 bridgehead atoms. The van der Waals surface area contributed by atoms with Crippen molar-refractivity contribution in [2.75, 3.05) is 6.61 Å². The van der Waals surface area contributed by atoms with E-state index in [4.69, 9.17) is 9.47 Å². The Morgan fingerprint density at radius 1 is 1.37 bits per heavy atom. The molecule has 8 heteroatoms. The molecule has 98 valence electrons. The Morgan fingerprint density at radius 3 is 2.89 bits per heavy atom. The van der Waals surface area contributed by atoms with E-state index in [0.717, 1.165) is 0 Å². The summed E-state index contributed by atoms with van der Waals surface area (Å²) in [6.45, 7) is 0.611. The quantitative estimate of drug-likeness (QED) is 0.725. The molecule has 0 amide bonds. The third kappa shape index (κ3) is 1.68. The third-order valence-corrected chi connectivity index (χ3v) is 3.43. The van der Waals surface area contributed by atoms with Crippen molar-refractivity contribution in [2.24, 2.45) is 0 Å². The van der Waals surface area contributed by atoms with Gasteiger partial charge < -0.3 is 9.47 Å². The fourth-order valence-electron chi connectivity index (χ4n) is 2.37. The van der Waals surface area contributed by atoms with Crippen molar-refractivity contribution in [2.45, 2.75) is 24.9 Å². The number of hydrogen-bond acceptors (Lipinski definition) is 6. The maximum atomic E-state index is 12.0. The second-order valence-electron chi connectivity index (χ2n) is 4.55. The molecule has 0 spiro atoms. The van der Waals surface area contributed by atoms with Gasteiger partial charge in [-0.2, -0.15) is 10.1 Å². The lowest BCUT2D eigenvalue weighted by Crippen LogP contribution is -2.40. The van der Waals surface area contributed by atoms with Crippen molar-refractivity contribution in [1.82, 2.24) is 24.3 Å². The minimum Gasteiger partial charge on any atom is -0.372 e. The minimum atomic E-state index is -0.362. The number of nitrogens with zero attached hydrogens (tertiary/aromatic N) is 5. The zero-order valence-corrected chi connectivity index (χ0v) is 9.92. The number of rotatable bonds is 2. The number of aromatic nitrogens is 5. The summed E-state index contributed by atoms with van der Waals surface area (Å²) in [5.41, 5.74) is -0.362. The van der Waals surface area contributed by atoms with Gasteiger partial charge in [-0.05, 0) is 6.07 Å². The predicted molar refractivity (Wildman–Crippen MR) is 61.7 cm³/mol. The lowest BCUT2D eigenvalue weighted by molar-refractivity contribution is -0.149. The monoisotopic (exact) mass is 261 g/mol. The third-order valence-electron chi connectivity index (χ3n) is 3.43. The summed E-state index contributed by atoms with van der Waals surface area (Å²) in [6.07, 6.45) is 5.19. The Balaban J connectivity index is 1.65. The van der Waals surface area contributed by atoms with Gasteiger partial charge in [0, 0.05) is 12.6 Å². The van der Waals surface area contributed by atoms with Crippen LogP contribution in [0, 0.1) is 0 Å². The fraction of sp³-hybridized carbons (Fsp3) is 0.455. The van der Waals surface area contributed by atoms with Crippen molar-refractivity contribution >= 4 is 0 Å². The zero-order valence-electron chi connectivity index (χ0n) is 9.92. The maximum Gasteiger partial charge on any atom is 0.351 e. The van der Waals surface area contributed by atoms with Crippen LogP contribution in [0.5, 0.6) is 0 Å². The highest BCUT2D eigenvalue weighted by Gasteiger charge is 2.44. The van der Waals surface area contributed by atoms with E-state index in [1.807, 2.05) is 0 Å². The first-order chi connectivity index (χ1) is 9.31. The largest absolute Gasteiger partial charge is 0.372 e. The lowest BCUT2D eigenvalue weighted by atomic mass is 10.1. The smallest absolute Gasteiger partial charge is 0.351 e. The summed E-state index contributed by atoms with van der Waals surface area (Å²) >= 11 is 0. The fourth-order valence-corrected chi connectivity index (χ4v) is 2.37. The van der Waals surface area contributed by atoms with E-state index in [1.54, 1.807) is 12.3 Å². The van der Waals surface area contributed by atoms with Crippen LogP contribution >= 0.6 is 0 Å². The topological polar surface area (TPSA) is 84.1 Å². The van der Waals surface area contributed by atoms with Crippen LogP contribution < -0.4 is 5.69 Å². The second kappa shape index (κ2) is 3.97. The average Bonchev–Trinajstić information content (AvgIpc) is 3.00. The van der Waals surface area contributed by atoms with Gasteiger partial charge in [0.25, 0.3) is 0 Å². The molecule has 2 fully saturated rings. The van der Waals surface area contributed by atoms with E-state index in [2.05, 4.69) is 15.1 Å². The summed E-state index contributed by atoms with van der Waals surface area (Å²) < 4.78 is 14.0. The lowest BCUT2D eigenvalue weighted by Gasteiger charge is -2.28. The molecule has 19 heavy (non-hydrogen) atoms. The Morgan fingerprint density at radius 2 is 2.32 bits per heavy atom. The molecule has 2 saturated heterocycles. The standard InChI is InChI=1S/C11H11N5O3/c17-11-14-9(16-6-12-5-13-16)1-2-15(11)10-3-7-8(19-10)4-18-7/h1-2,5-8,10H,3-4H2/t7-,8-,10-/m0/s1. The van der Waals surface area contributed by atoms with Crippen LogP contribution in [0.4, 0.5) is 0 Å². The normalized spacial score (nSPS) is 28.9. The van der Waals surface area contributed by atoms with Crippen molar-refractivity contribution in [3.8, 4) is 5.82 Å². The molecule has 0 radical (unpaired) electrons. The van der Waals surface area contributed by atoms with E-state index >= 15 is 0 Å². The van der Waals surface area contributed by atoms with Crippen LogP contribution in [-0.4, -0.2) is 43.1 Å². The van der Waals surface area contributed by atoms with E-state index in [-0.39, 0.29) is 24.1 Å². The molecule has 0 aliphatic carbocycles. The second-order valence-corrected chi connectivity index (χ2v) is 4.55. The molecule has 0 N–H and O–H groups in total. The molecule has 8 nitrogen and oxygen atoms in total. The summed E-state index contributed by atoms with van der Waals surface area (Å²) in [6, 6.07) is 1.71. The van der Waals surface area contributed by atoms with Gasteiger partial charge in [0.15, 0.2) is 5.82 Å². The van der Waals surface area contributed by atoms with Crippen LogP contribution in [0.2, 0.25) is 0 Å². The van der Waals surface area contributed by atoms with Crippen LogP contribution in [0.15, 0.2) is 29.7 Å². The predicted octanol–water partition coefficient (Wildman–Crippen LogP) is -0.490. The Hall–Kier alpha value is -2.06. The van der Waals surface area contributed by atoms with Crippen molar-refractivity contribution in [1.29, 1.82) is 0 Å². The van der Waals surface area contributed by atoms with Gasteiger partial charge in [-0.15, -0.1) is 0 Å². The first-order valence-electron chi connectivity index (χ1n) is 6.02. The minimum absolute atomic E-state index is 0.117. The van der Waals surface area contributed by atoms with Crippen molar-refractivity contribution < 1.29 is 9.47 Å². The first-order valence-corrected chi connectivity index (χ1v) is 6.02. The number of fused-ring (bicyclic) bond motifs is 1. The van der Waals surface area contributed by atoms with Gasteiger partial charge in [-0.3, -0.25) is 4.57 Å². The molecule has 0 unspecified atom stereocenters.